The van der Waals surface area contributed by atoms with E-state index in [-0.39, 0.29) is 40.0 Å². The van der Waals surface area contributed by atoms with Crippen LogP contribution >= 0.6 is 0 Å². The summed E-state index contributed by atoms with van der Waals surface area (Å²) in [6.45, 7) is 12.6. The number of carbonyl (C=O) groups excluding carboxylic acids is 2. The SMILES string of the molecule is COC(=O)[C@]1(C)CC[C@]2(C)CC[C@]3(C)C4=C(O)C(=O)c5c(cc(O)c(O)c5C)[C@]4(C)CC[C@@]3(C)[C@@H]2C1. The van der Waals surface area contributed by atoms with Gasteiger partial charge in [-0.1, -0.05) is 27.7 Å². The minimum absolute atomic E-state index is 0.0724. The summed E-state index contributed by atoms with van der Waals surface area (Å²) in [6.07, 6.45) is 5.84. The molecule has 0 unspecified atom stereocenters. The largest absolute Gasteiger partial charge is 0.504 e. The topological polar surface area (TPSA) is 104 Å². The summed E-state index contributed by atoms with van der Waals surface area (Å²) in [7, 11) is 1.46. The highest BCUT2D eigenvalue weighted by Crippen LogP contribution is 2.75. The molecular formula is C30H40O6. The van der Waals surface area contributed by atoms with E-state index >= 15 is 0 Å². The number of phenols is 2. The Labute approximate surface area is 213 Å². The Kier molecular flexibility index (Phi) is 5.10. The lowest BCUT2D eigenvalue weighted by Gasteiger charge is -2.69. The molecule has 3 saturated carbocycles. The third-order valence-electron chi connectivity index (χ3n) is 11.7. The summed E-state index contributed by atoms with van der Waals surface area (Å²) in [5, 5.41) is 32.4. The lowest BCUT2D eigenvalue weighted by Crippen LogP contribution is -2.63. The quantitative estimate of drug-likeness (QED) is 0.313. The van der Waals surface area contributed by atoms with E-state index in [9.17, 15) is 24.9 Å². The van der Waals surface area contributed by atoms with Gasteiger partial charge in [-0.3, -0.25) is 9.59 Å². The number of fused-ring (bicyclic) bond motifs is 7. The maximum atomic E-state index is 13.6. The predicted molar refractivity (Wildman–Crippen MR) is 136 cm³/mol. The zero-order chi connectivity index (χ0) is 26.6. The molecule has 6 atom stereocenters. The zero-order valence-corrected chi connectivity index (χ0v) is 22.7. The van der Waals surface area contributed by atoms with Crippen molar-refractivity contribution < 1.29 is 29.6 Å². The number of ether oxygens (including phenoxy) is 1. The number of hydrogen-bond donors (Lipinski definition) is 3. The van der Waals surface area contributed by atoms with Crippen LogP contribution in [0.3, 0.4) is 0 Å². The third kappa shape index (κ3) is 2.79. The van der Waals surface area contributed by atoms with Crippen LogP contribution in [0.2, 0.25) is 0 Å². The number of phenolic OH excluding ortho intramolecular Hbond substituents is 2. The second-order valence-corrected chi connectivity index (χ2v) is 13.4. The Balaban J connectivity index is 1.70. The number of benzene rings is 1. The highest BCUT2D eigenvalue weighted by Gasteiger charge is 2.68. The van der Waals surface area contributed by atoms with Gasteiger partial charge in [0, 0.05) is 16.5 Å². The van der Waals surface area contributed by atoms with E-state index in [1.54, 1.807) is 6.92 Å². The predicted octanol–water partition coefficient (Wildman–Crippen LogP) is 6.26. The Hall–Kier alpha value is -2.50. The van der Waals surface area contributed by atoms with Crippen molar-refractivity contribution in [3.05, 3.63) is 34.1 Å². The van der Waals surface area contributed by atoms with Crippen molar-refractivity contribution >= 4 is 11.8 Å². The van der Waals surface area contributed by atoms with Crippen LogP contribution in [-0.4, -0.2) is 34.2 Å². The normalized spacial score (nSPS) is 41.6. The molecule has 0 aliphatic heterocycles. The Bertz CT molecular complexity index is 1230. The number of ketones is 1. The summed E-state index contributed by atoms with van der Waals surface area (Å²) >= 11 is 0. The summed E-state index contributed by atoms with van der Waals surface area (Å²) in [5.41, 5.74) is 0.213. The zero-order valence-electron chi connectivity index (χ0n) is 22.7. The summed E-state index contributed by atoms with van der Waals surface area (Å²) < 4.78 is 5.23. The van der Waals surface area contributed by atoms with Crippen LogP contribution in [-0.2, 0) is 14.9 Å². The lowest BCUT2D eigenvalue weighted by atomic mass is 9.34. The van der Waals surface area contributed by atoms with Gasteiger partial charge in [-0.15, -0.1) is 0 Å². The monoisotopic (exact) mass is 496 g/mol. The van der Waals surface area contributed by atoms with Crippen LogP contribution in [0.25, 0.3) is 0 Å². The third-order valence-corrected chi connectivity index (χ3v) is 11.7. The summed E-state index contributed by atoms with van der Waals surface area (Å²) in [6, 6.07) is 1.52. The smallest absolute Gasteiger partial charge is 0.311 e. The van der Waals surface area contributed by atoms with Crippen LogP contribution < -0.4 is 0 Å². The van der Waals surface area contributed by atoms with Gasteiger partial charge in [0.25, 0.3) is 0 Å². The van der Waals surface area contributed by atoms with Crippen LogP contribution in [0, 0.1) is 34.5 Å². The van der Waals surface area contributed by atoms with Gasteiger partial charge in [-0.2, -0.15) is 0 Å². The number of Topliss-reactive ketones (excluding diaryl/α,β-unsaturated/α-hetero) is 1. The molecule has 0 bridgehead atoms. The summed E-state index contributed by atoms with van der Waals surface area (Å²) in [4.78, 5) is 26.5. The minimum Gasteiger partial charge on any atom is -0.504 e. The molecule has 3 fully saturated rings. The van der Waals surface area contributed by atoms with E-state index in [2.05, 4.69) is 27.7 Å². The van der Waals surface area contributed by atoms with Gasteiger partial charge >= 0.3 is 5.97 Å². The Morgan fingerprint density at radius 2 is 1.61 bits per heavy atom. The number of aromatic hydroxyl groups is 2. The van der Waals surface area contributed by atoms with Crippen LogP contribution in [0.4, 0.5) is 0 Å². The molecule has 4 aliphatic rings. The molecule has 0 spiro atoms. The molecule has 6 nitrogen and oxygen atoms in total. The molecular weight excluding hydrogens is 456 g/mol. The Morgan fingerprint density at radius 1 is 0.972 bits per heavy atom. The van der Waals surface area contributed by atoms with E-state index in [0.717, 1.165) is 44.1 Å². The van der Waals surface area contributed by atoms with Crippen LogP contribution in [0.1, 0.15) is 101 Å². The molecule has 1 aromatic carbocycles. The molecule has 4 aliphatic carbocycles. The lowest BCUT2D eigenvalue weighted by molar-refractivity contribution is -0.179. The van der Waals surface area contributed by atoms with Gasteiger partial charge in [-0.25, -0.2) is 0 Å². The number of aliphatic hydroxyl groups excluding tert-OH is 1. The first-order chi connectivity index (χ1) is 16.6. The maximum absolute atomic E-state index is 13.6. The van der Waals surface area contributed by atoms with E-state index in [4.69, 9.17) is 4.74 Å². The van der Waals surface area contributed by atoms with Gasteiger partial charge < -0.3 is 20.1 Å². The summed E-state index contributed by atoms with van der Waals surface area (Å²) in [5.74, 6) is -1.18. The second kappa shape index (κ2) is 7.29. The first-order valence-electron chi connectivity index (χ1n) is 13.2. The molecule has 3 N–H and O–H groups in total. The van der Waals surface area contributed by atoms with Gasteiger partial charge in [0.2, 0.25) is 5.78 Å². The van der Waals surface area contributed by atoms with Gasteiger partial charge in [0.15, 0.2) is 17.3 Å². The fraction of sp³-hybridized carbons (Fsp3) is 0.667. The van der Waals surface area contributed by atoms with Crippen LogP contribution in [0.15, 0.2) is 17.4 Å². The van der Waals surface area contributed by atoms with Crippen molar-refractivity contribution in [2.75, 3.05) is 7.11 Å². The maximum Gasteiger partial charge on any atom is 0.311 e. The van der Waals surface area contributed by atoms with Crippen molar-refractivity contribution in [1.29, 1.82) is 0 Å². The molecule has 6 heteroatoms. The van der Waals surface area contributed by atoms with E-state index in [0.29, 0.717) is 23.1 Å². The average molecular weight is 497 g/mol. The Morgan fingerprint density at radius 3 is 2.25 bits per heavy atom. The van der Waals surface area contributed by atoms with Gasteiger partial charge in [0.1, 0.15) is 0 Å². The fourth-order valence-electron chi connectivity index (χ4n) is 9.11. The van der Waals surface area contributed by atoms with Crippen LogP contribution in [0.5, 0.6) is 11.5 Å². The van der Waals surface area contributed by atoms with Crippen molar-refractivity contribution in [2.45, 2.75) is 91.9 Å². The second-order valence-electron chi connectivity index (χ2n) is 13.4. The number of methoxy groups -OCH3 is 1. The molecule has 0 aromatic heterocycles. The number of carbonyl (C=O) groups is 2. The van der Waals surface area contributed by atoms with Crippen molar-refractivity contribution in [3.8, 4) is 11.5 Å². The van der Waals surface area contributed by atoms with Gasteiger partial charge in [-0.05, 0) is 98.2 Å². The fourth-order valence-corrected chi connectivity index (χ4v) is 9.11. The molecule has 196 valence electrons. The van der Waals surface area contributed by atoms with E-state index in [1.807, 2.05) is 6.92 Å². The first kappa shape index (κ1) is 25.2. The molecule has 0 amide bonds. The van der Waals surface area contributed by atoms with E-state index in [1.165, 1.54) is 13.2 Å². The molecule has 0 heterocycles. The highest BCUT2D eigenvalue weighted by atomic mass is 16.5. The molecule has 0 saturated heterocycles. The number of hydrogen-bond acceptors (Lipinski definition) is 6. The minimum atomic E-state index is -0.647. The molecule has 1 aromatic rings. The number of rotatable bonds is 1. The van der Waals surface area contributed by atoms with E-state index < -0.39 is 22.0 Å². The van der Waals surface area contributed by atoms with Crippen molar-refractivity contribution in [2.24, 2.45) is 27.6 Å². The first-order valence-corrected chi connectivity index (χ1v) is 13.2. The molecule has 0 radical (unpaired) electrons. The highest BCUT2D eigenvalue weighted by molar-refractivity contribution is 6.12. The molecule has 5 rings (SSSR count). The molecule has 36 heavy (non-hydrogen) atoms. The number of allylic oxidation sites excluding steroid dienone is 2. The average Bonchev–Trinajstić information content (AvgIpc) is 2.83. The standard InChI is InChI=1S/C30H40O6/c1-16-20-17(14-18(31)21(16)32)28(4)11-13-29(5)19-15-27(3,25(35)36-7)9-8-26(19,2)10-12-30(29,6)24(28)23(34)22(20)33/h14,19,31-32,34H,8-13,15H2,1-7H3/t19-,26-,27-,28+,29+,30-/m1/s1. The van der Waals surface area contributed by atoms with Gasteiger partial charge in [0.05, 0.1) is 12.5 Å². The number of aliphatic hydroxyl groups is 1. The number of esters is 1. The van der Waals surface area contributed by atoms with Crippen molar-refractivity contribution in [3.63, 3.8) is 0 Å². The van der Waals surface area contributed by atoms with Crippen molar-refractivity contribution in [1.82, 2.24) is 0 Å².